The highest BCUT2D eigenvalue weighted by molar-refractivity contribution is 5.85. The van der Waals surface area contributed by atoms with Gasteiger partial charge in [0.15, 0.2) is 5.82 Å². The Labute approximate surface area is 138 Å². The molecule has 4 rings (SSSR count). The van der Waals surface area contributed by atoms with Gasteiger partial charge in [0.2, 0.25) is 0 Å². The quantitative estimate of drug-likeness (QED) is 0.779. The Morgan fingerprint density at radius 3 is 2.70 bits per heavy atom. The molecule has 9 heteroatoms. The van der Waals surface area contributed by atoms with Gasteiger partial charge in [-0.3, -0.25) is 0 Å². The largest absolute Gasteiger partial charge is 0.334 e. The Hall–Kier alpha value is -2.32. The van der Waals surface area contributed by atoms with Crippen molar-refractivity contribution in [1.29, 1.82) is 0 Å². The number of tetrazole rings is 1. The van der Waals surface area contributed by atoms with Gasteiger partial charge < -0.3 is 10.3 Å². The normalized spacial score (nSPS) is 16.2. The molecule has 0 saturated heterocycles. The van der Waals surface area contributed by atoms with Gasteiger partial charge in [-0.05, 0) is 35.4 Å². The number of nitrogens with zero attached hydrogens (tertiary/aromatic N) is 6. The maximum atomic E-state index is 6.38. The van der Waals surface area contributed by atoms with Crippen LogP contribution in [0.4, 0.5) is 0 Å². The maximum Gasteiger partial charge on any atom is 0.260 e. The second kappa shape index (κ2) is 6.05. The molecule has 23 heavy (non-hydrogen) atoms. The summed E-state index contributed by atoms with van der Waals surface area (Å²) in [5.74, 6) is 1.00. The van der Waals surface area contributed by atoms with Crippen LogP contribution in [0.25, 0.3) is 17.1 Å². The molecular formula is C14H16ClN7O. The van der Waals surface area contributed by atoms with Gasteiger partial charge in [0, 0.05) is 0 Å². The van der Waals surface area contributed by atoms with E-state index in [1.165, 1.54) is 6.33 Å². The topological polar surface area (TPSA) is 109 Å². The molecule has 8 nitrogen and oxygen atoms in total. The summed E-state index contributed by atoms with van der Waals surface area (Å²) >= 11 is 0. The van der Waals surface area contributed by atoms with Crippen LogP contribution < -0.4 is 5.73 Å². The Morgan fingerprint density at radius 1 is 1.17 bits per heavy atom. The van der Waals surface area contributed by atoms with Crippen molar-refractivity contribution in [2.75, 3.05) is 0 Å². The molecule has 0 aliphatic heterocycles. The zero-order valence-electron chi connectivity index (χ0n) is 12.3. The zero-order chi connectivity index (χ0) is 15.0. The van der Waals surface area contributed by atoms with Crippen molar-refractivity contribution in [2.45, 2.75) is 31.2 Å². The standard InChI is InChI=1S/C14H15N7O.ClH/c15-14(7-3-4-8-14)13-17-12(22-18-13)10-5-1-2-6-11(10)21-9-16-19-20-21;/h1-2,5-6,9H,3-4,7-8,15H2;1H. The molecule has 0 radical (unpaired) electrons. The molecule has 2 N–H and O–H groups in total. The highest BCUT2D eigenvalue weighted by atomic mass is 35.5. The van der Waals surface area contributed by atoms with Crippen LogP contribution >= 0.6 is 12.4 Å². The van der Waals surface area contributed by atoms with Crippen molar-refractivity contribution >= 4 is 12.4 Å². The van der Waals surface area contributed by atoms with E-state index in [4.69, 9.17) is 10.3 Å². The highest BCUT2D eigenvalue weighted by Gasteiger charge is 2.36. The number of hydrogen-bond acceptors (Lipinski definition) is 7. The lowest BCUT2D eigenvalue weighted by Gasteiger charge is -2.17. The smallest absolute Gasteiger partial charge is 0.260 e. The molecule has 0 bridgehead atoms. The van der Waals surface area contributed by atoms with Gasteiger partial charge in [0.1, 0.15) is 6.33 Å². The van der Waals surface area contributed by atoms with Gasteiger partial charge in [-0.1, -0.05) is 30.1 Å². The first-order chi connectivity index (χ1) is 10.8. The van der Waals surface area contributed by atoms with Crippen LogP contribution in [0.2, 0.25) is 0 Å². The molecule has 2 aromatic heterocycles. The third-order valence-corrected chi connectivity index (χ3v) is 4.10. The van der Waals surface area contributed by atoms with E-state index in [2.05, 4.69) is 25.7 Å². The summed E-state index contributed by atoms with van der Waals surface area (Å²) in [6.07, 6.45) is 5.50. The Morgan fingerprint density at radius 2 is 1.96 bits per heavy atom. The fourth-order valence-corrected chi connectivity index (χ4v) is 2.89. The van der Waals surface area contributed by atoms with E-state index in [1.54, 1.807) is 4.68 Å². The van der Waals surface area contributed by atoms with Gasteiger partial charge in [0.05, 0.1) is 16.8 Å². The van der Waals surface area contributed by atoms with Crippen LogP contribution in [0.5, 0.6) is 0 Å². The summed E-state index contributed by atoms with van der Waals surface area (Å²) in [4.78, 5) is 4.52. The number of aromatic nitrogens is 6. The molecule has 2 heterocycles. The summed E-state index contributed by atoms with van der Waals surface area (Å²) in [6, 6.07) is 7.59. The van der Waals surface area contributed by atoms with Crippen LogP contribution in [0.1, 0.15) is 31.5 Å². The summed E-state index contributed by atoms with van der Waals surface area (Å²) in [7, 11) is 0. The number of hydrogen-bond donors (Lipinski definition) is 1. The molecule has 1 aromatic carbocycles. The van der Waals surface area contributed by atoms with Gasteiger partial charge >= 0.3 is 0 Å². The van der Waals surface area contributed by atoms with Crippen LogP contribution in [-0.2, 0) is 5.54 Å². The minimum Gasteiger partial charge on any atom is -0.334 e. The van der Waals surface area contributed by atoms with E-state index in [-0.39, 0.29) is 12.4 Å². The van der Waals surface area contributed by atoms with Crippen molar-refractivity contribution in [1.82, 2.24) is 30.3 Å². The van der Waals surface area contributed by atoms with E-state index >= 15 is 0 Å². The maximum absolute atomic E-state index is 6.38. The summed E-state index contributed by atoms with van der Waals surface area (Å²) in [5, 5.41) is 15.3. The summed E-state index contributed by atoms with van der Waals surface area (Å²) in [6.45, 7) is 0. The Bertz CT molecular complexity index is 780. The SMILES string of the molecule is Cl.NC1(c2noc(-c3ccccc3-n3cnnn3)n2)CCCC1. The van der Waals surface area contributed by atoms with E-state index < -0.39 is 5.54 Å². The molecular weight excluding hydrogens is 318 g/mol. The molecule has 0 unspecified atom stereocenters. The fraction of sp³-hybridized carbons (Fsp3) is 0.357. The van der Waals surface area contributed by atoms with Gasteiger partial charge in [0.25, 0.3) is 5.89 Å². The van der Waals surface area contributed by atoms with Crippen molar-refractivity contribution in [2.24, 2.45) is 5.73 Å². The second-order valence-corrected chi connectivity index (χ2v) is 5.56. The lowest BCUT2D eigenvalue weighted by Crippen LogP contribution is -2.34. The zero-order valence-corrected chi connectivity index (χ0v) is 13.1. The van der Waals surface area contributed by atoms with Crippen molar-refractivity contribution in [3.05, 3.63) is 36.4 Å². The number of nitrogens with two attached hydrogens (primary N) is 1. The molecule has 0 atom stereocenters. The first-order valence-electron chi connectivity index (χ1n) is 7.22. The number of benzene rings is 1. The van der Waals surface area contributed by atoms with Crippen LogP contribution in [-0.4, -0.2) is 30.3 Å². The van der Waals surface area contributed by atoms with Gasteiger partial charge in [-0.25, -0.2) is 0 Å². The molecule has 1 aliphatic rings. The minimum atomic E-state index is -0.467. The number of rotatable bonds is 3. The van der Waals surface area contributed by atoms with E-state index in [1.807, 2.05) is 24.3 Å². The Kier molecular flexibility index (Phi) is 4.10. The summed E-state index contributed by atoms with van der Waals surface area (Å²) in [5.41, 5.74) is 7.47. The molecule has 1 saturated carbocycles. The van der Waals surface area contributed by atoms with Crippen LogP contribution in [0.15, 0.2) is 35.1 Å². The molecule has 0 spiro atoms. The van der Waals surface area contributed by atoms with Crippen molar-refractivity contribution in [3.8, 4) is 17.1 Å². The fourth-order valence-electron chi connectivity index (χ4n) is 2.89. The average molecular weight is 334 g/mol. The number of para-hydroxylation sites is 1. The second-order valence-electron chi connectivity index (χ2n) is 5.56. The average Bonchev–Trinajstić information content (AvgIpc) is 3.29. The van der Waals surface area contributed by atoms with Gasteiger partial charge in [-0.2, -0.15) is 9.67 Å². The van der Waals surface area contributed by atoms with E-state index in [9.17, 15) is 0 Å². The minimum absolute atomic E-state index is 0. The van der Waals surface area contributed by atoms with Crippen LogP contribution in [0.3, 0.4) is 0 Å². The van der Waals surface area contributed by atoms with Crippen LogP contribution in [0, 0.1) is 0 Å². The number of halogens is 1. The third-order valence-electron chi connectivity index (χ3n) is 4.10. The van der Waals surface area contributed by atoms with Crippen molar-refractivity contribution < 1.29 is 4.52 Å². The lowest BCUT2D eigenvalue weighted by molar-refractivity contribution is 0.372. The van der Waals surface area contributed by atoms with E-state index in [0.717, 1.165) is 36.9 Å². The molecule has 0 amide bonds. The molecule has 1 aliphatic carbocycles. The predicted molar refractivity (Wildman–Crippen MR) is 84.0 cm³/mol. The summed E-state index contributed by atoms with van der Waals surface area (Å²) < 4.78 is 7.01. The lowest BCUT2D eigenvalue weighted by atomic mass is 9.98. The molecule has 3 aromatic rings. The first-order valence-corrected chi connectivity index (χ1v) is 7.22. The molecule has 120 valence electrons. The highest BCUT2D eigenvalue weighted by Crippen LogP contribution is 2.36. The first kappa shape index (κ1) is 15.6. The van der Waals surface area contributed by atoms with Crippen molar-refractivity contribution in [3.63, 3.8) is 0 Å². The Balaban J connectivity index is 0.00000156. The predicted octanol–water partition coefficient (Wildman–Crippen LogP) is 1.86. The monoisotopic (exact) mass is 333 g/mol. The molecule has 1 fully saturated rings. The third kappa shape index (κ3) is 2.71. The van der Waals surface area contributed by atoms with E-state index in [0.29, 0.717) is 11.7 Å². The van der Waals surface area contributed by atoms with Gasteiger partial charge in [-0.15, -0.1) is 17.5 Å².